The van der Waals surface area contributed by atoms with E-state index in [0.717, 1.165) is 0 Å². The predicted molar refractivity (Wildman–Crippen MR) is 79.7 cm³/mol. The molecule has 2 aromatic heterocycles. The monoisotopic (exact) mass is 325 g/mol. The quantitative estimate of drug-likeness (QED) is 0.414. The molecule has 10 heteroatoms. The highest BCUT2D eigenvalue weighted by Gasteiger charge is 2.15. The van der Waals surface area contributed by atoms with Gasteiger partial charge in [0, 0.05) is 13.5 Å². The molecule has 126 valence electrons. The number of nitrogens with zero attached hydrogens (tertiary/aromatic N) is 4. The number of fused-ring (bicyclic) bond motifs is 1. The smallest absolute Gasteiger partial charge is 0.435 e. The summed E-state index contributed by atoms with van der Waals surface area (Å²) in [6.07, 6.45) is 1.23. The molecule has 0 saturated heterocycles. The first-order valence-electron chi connectivity index (χ1n) is 7.11. The van der Waals surface area contributed by atoms with Crippen molar-refractivity contribution in [2.24, 2.45) is 0 Å². The summed E-state index contributed by atoms with van der Waals surface area (Å²) in [6.45, 7) is 2.28. The standard InChI is InChI=1S/C13H19N5O5/c1-3-21-13(20)23-6-4-5-22-12(19)18-8-17-9-10(14-2)15-7-16-11(9)18/h7-8,12,19H,3-6H2,1-2H3,(H,14,15,16). The van der Waals surface area contributed by atoms with Crippen molar-refractivity contribution in [3.05, 3.63) is 12.7 Å². The summed E-state index contributed by atoms with van der Waals surface area (Å²) in [5.41, 5.74) is 0.975. The van der Waals surface area contributed by atoms with Crippen LogP contribution in [0.1, 0.15) is 19.8 Å². The molecule has 0 saturated carbocycles. The second kappa shape index (κ2) is 8.25. The minimum atomic E-state index is -1.25. The van der Waals surface area contributed by atoms with E-state index >= 15 is 0 Å². The van der Waals surface area contributed by atoms with Gasteiger partial charge >= 0.3 is 6.16 Å². The Morgan fingerprint density at radius 1 is 1.35 bits per heavy atom. The number of carbonyl (C=O) groups excluding carboxylic acids is 1. The van der Waals surface area contributed by atoms with Gasteiger partial charge in [0.1, 0.15) is 12.7 Å². The van der Waals surface area contributed by atoms with Crippen molar-refractivity contribution < 1.29 is 24.1 Å². The molecule has 0 radical (unpaired) electrons. The Labute approximate surface area is 132 Å². The third kappa shape index (κ3) is 4.27. The molecule has 1 atom stereocenters. The van der Waals surface area contributed by atoms with Gasteiger partial charge in [-0.15, -0.1) is 0 Å². The number of aliphatic hydroxyl groups is 1. The van der Waals surface area contributed by atoms with Crippen molar-refractivity contribution in [3.63, 3.8) is 0 Å². The lowest BCUT2D eigenvalue weighted by Gasteiger charge is -2.13. The molecule has 0 aliphatic rings. The highest BCUT2D eigenvalue weighted by molar-refractivity contribution is 5.82. The van der Waals surface area contributed by atoms with Crippen LogP contribution in [0.5, 0.6) is 0 Å². The van der Waals surface area contributed by atoms with Gasteiger partial charge < -0.3 is 24.6 Å². The number of aliphatic hydroxyl groups excluding tert-OH is 1. The van der Waals surface area contributed by atoms with Gasteiger partial charge in [-0.2, -0.15) is 0 Å². The topological polar surface area (TPSA) is 121 Å². The van der Waals surface area contributed by atoms with E-state index in [1.807, 2.05) is 0 Å². The zero-order chi connectivity index (χ0) is 16.7. The summed E-state index contributed by atoms with van der Waals surface area (Å²) in [5, 5.41) is 12.9. The van der Waals surface area contributed by atoms with Crippen LogP contribution < -0.4 is 5.32 Å². The van der Waals surface area contributed by atoms with E-state index in [4.69, 9.17) is 9.47 Å². The Morgan fingerprint density at radius 3 is 2.91 bits per heavy atom. The van der Waals surface area contributed by atoms with E-state index in [0.29, 0.717) is 23.4 Å². The molecular formula is C13H19N5O5. The second-order valence-corrected chi connectivity index (χ2v) is 4.38. The number of hydrogen-bond acceptors (Lipinski definition) is 9. The molecule has 0 aromatic carbocycles. The highest BCUT2D eigenvalue weighted by atomic mass is 16.7. The van der Waals surface area contributed by atoms with Gasteiger partial charge in [-0.05, 0) is 6.92 Å². The normalized spacial score (nSPS) is 12.1. The van der Waals surface area contributed by atoms with Crippen LogP contribution in [0, 0.1) is 0 Å². The van der Waals surface area contributed by atoms with Crippen LogP contribution in [0.15, 0.2) is 12.7 Å². The van der Waals surface area contributed by atoms with Gasteiger partial charge in [-0.25, -0.2) is 19.7 Å². The van der Waals surface area contributed by atoms with Crippen LogP contribution in [0.4, 0.5) is 10.6 Å². The lowest BCUT2D eigenvalue weighted by molar-refractivity contribution is -0.152. The molecule has 2 aromatic rings. The van der Waals surface area contributed by atoms with Crippen LogP contribution in [0.25, 0.3) is 11.2 Å². The van der Waals surface area contributed by atoms with E-state index in [9.17, 15) is 9.90 Å². The highest BCUT2D eigenvalue weighted by Crippen LogP contribution is 2.19. The zero-order valence-corrected chi connectivity index (χ0v) is 12.9. The Morgan fingerprint density at radius 2 is 2.17 bits per heavy atom. The molecule has 0 bridgehead atoms. The number of aromatic nitrogens is 4. The maximum atomic E-state index is 11.0. The first-order chi connectivity index (χ1) is 11.2. The number of carbonyl (C=O) groups is 1. The lowest BCUT2D eigenvalue weighted by atomic mass is 10.5. The molecule has 23 heavy (non-hydrogen) atoms. The Kier molecular flexibility index (Phi) is 6.06. The molecule has 2 N–H and O–H groups in total. The van der Waals surface area contributed by atoms with Gasteiger partial charge in [-0.1, -0.05) is 0 Å². The summed E-state index contributed by atoms with van der Waals surface area (Å²) in [6, 6.07) is 0. The van der Waals surface area contributed by atoms with Crippen LogP contribution in [-0.2, 0) is 14.2 Å². The van der Waals surface area contributed by atoms with E-state index in [2.05, 4.69) is 25.0 Å². The number of imidazole rings is 1. The number of ether oxygens (including phenoxy) is 3. The Hall–Kier alpha value is -2.46. The number of hydrogen-bond donors (Lipinski definition) is 2. The SMILES string of the molecule is CCOC(=O)OCCCOC(O)n1cnc2c(NC)ncnc21. The summed E-state index contributed by atoms with van der Waals surface area (Å²) in [4.78, 5) is 23.2. The minimum Gasteiger partial charge on any atom is -0.435 e. The van der Waals surface area contributed by atoms with Gasteiger partial charge in [-0.3, -0.25) is 4.57 Å². The fourth-order valence-corrected chi connectivity index (χ4v) is 1.84. The molecule has 0 spiro atoms. The third-order valence-electron chi connectivity index (χ3n) is 2.87. The van der Waals surface area contributed by atoms with Gasteiger partial charge in [0.05, 0.1) is 19.8 Å². The zero-order valence-electron chi connectivity index (χ0n) is 12.9. The summed E-state index contributed by atoms with van der Waals surface area (Å²) < 4.78 is 16.1. The Bertz CT molecular complexity index is 647. The van der Waals surface area contributed by atoms with Crippen molar-refractivity contribution in [1.29, 1.82) is 0 Å². The molecule has 2 heterocycles. The first-order valence-corrected chi connectivity index (χ1v) is 7.11. The van der Waals surface area contributed by atoms with E-state index in [-0.39, 0.29) is 19.8 Å². The molecule has 0 aliphatic heterocycles. The minimum absolute atomic E-state index is 0.141. The van der Waals surface area contributed by atoms with Crippen LogP contribution in [0.3, 0.4) is 0 Å². The van der Waals surface area contributed by atoms with E-state index < -0.39 is 12.6 Å². The first kappa shape index (κ1) is 16.9. The van der Waals surface area contributed by atoms with Crippen LogP contribution >= 0.6 is 0 Å². The van der Waals surface area contributed by atoms with E-state index in [1.165, 1.54) is 17.2 Å². The van der Waals surface area contributed by atoms with Crippen molar-refractivity contribution in [1.82, 2.24) is 19.5 Å². The van der Waals surface area contributed by atoms with Crippen molar-refractivity contribution >= 4 is 23.1 Å². The molecule has 10 nitrogen and oxygen atoms in total. The number of rotatable bonds is 8. The summed E-state index contributed by atoms with van der Waals surface area (Å²) >= 11 is 0. The number of anilines is 1. The van der Waals surface area contributed by atoms with Crippen LogP contribution in [-0.4, -0.2) is 57.6 Å². The number of nitrogens with one attached hydrogen (secondary N) is 1. The molecule has 0 amide bonds. The van der Waals surface area contributed by atoms with Crippen molar-refractivity contribution in [3.8, 4) is 0 Å². The molecular weight excluding hydrogens is 306 g/mol. The summed E-state index contributed by atoms with van der Waals surface area (Å²) in [7, 11) is 1.72. The molecule has 1 unspecified atom stereocenters. The lowest BCUT2D eigenvalue weighted by Crippen LogP contribution is -2.15. The fourth-order valence-electron chi connectivity index (χ4n) is 1.84. The second-order valence-electron chi connectivity index (χ2n) is 4.38. The van der Waals surface area contributed by atoms with Gasteiger partial charge in [0.2, 0.25) is 6.41 Å². The maximum absolute atomic E-state index is 11.0. The predicted octanol–water partition coefficient (Wildman–Crippen LogP) is 0.896. The van der Waals surface area contributed by atoms with Gasteiger partial charge in [0.25, 0.3) is 0 Å². The van der Waals surface area contributed by atoms with Crippen LogP contribution in [0.2, 0.25) is 0 Å². The maximum Gasteiger partial charge on any atom is 0.508 e. The third-order valence-corrected chi connectivity index (χ3v) is 2.87. The molecule has 0 aliphatic carbocycles. The average molecular weight is 325 g/mol. The van der Waals surface area contributed by atoms with Gasteiger partial charge in [0.15, 0.2) is 17.0 Å². The van der Waals surface area contributed by atoms with E-state index in [1.54, 1.807) is 14.0 Å². The summed E-state index contributed by atoms with van der Waals surface area (Å²) in [5.74, 6) is 0.559. The van der Waals surface area contributed by atoms with Crippen molar-refractivity contribution in [2.45, 2.75) is 19.8 Å². The average Bonchev–Trinajstić information content (AvgIpc) is 2.98. The molecule has 2 rings (SSSR count). The van der Waals surface area contributed by atoms with Crippen molar-refractivity contribution in [2.75, 3.05) is 32.2 Å². The molecule has 0 fully saturated rings. The largest absolute Gasteiger partial charge is 0.508 e. The fraction of sp³-hybridized carbons (Fsp3) is 0.538. The Balaban J connectivity index is 1.84.